The maximum absolute atomic E-state index is 12.1. The lowest BCUT2D eigenvalue weighted by molar-refractivity contribution is 0.0899. The molecule has 1 aliphatic rings. The van der Waals surface area contributed by atoms with Gasteiger partial charge in [-0.1, -0.05) is 0 Å². The number of carbonyl (C=O) groups is 1. The Morgan fingerprint density at radius 3 is 2.93 bits per heavy atom. The zero-order valence-electron chi connectivity index (χ0n) is 8.82. The van der Waals surface area contributed by atoms with Crippen molar-refractivity contribution in [1.82, 2.24) is 0 Å². The molecule has 1 unspecified atom stereocenters. The van der Waals surface area contributed by atoms with Crippen LogP contribution in [0.25, 0.3) is 0 Å². The SMILES string of the molecule is Cc1cc(N)ccc1C(=O)C1CCOC1. The van der Waals surface area contributed by atoms with E-state index in [4.69, 9.17) is 10.5 Å². The second kappa shape index (κ2) is 4.03. The van der Waals surface area contributed by atoms with Gasteiger partial charge in [-0.15, -0.1) is 0 Å². The number of ketones is 1. The first kappa shape index (κ1) is 10.2. The fraction of sp³-hybridized carbons (Fsp3) is 0.417. The standard InChI is InChI=1S/C12H15NO2/c1-8-6-10(13)2-3-11(8)12(14)9-4-5-15-7-9/h2-3,6,9H,4-5,7,13H2,1H3. The minimum atomic E-state index is 0.0346. The summed E-state index contributed by atoms with van der Waals surface area (Å²) in [6.45, 7) is 3.17. The van der Waals surface area contributed by atoms with E-state index < -0.39 is 0 Å². The van der Waals surface area contributed by atoms with Crippen LogP contribution in [0.2, 0.25) is 0 Å². The molecule has 3 nitrogen and oxygen atoms in total. The lowest BCUT2D eigenvalue weighted by Gasteiger charge is -2.09. The van der Waals surface area contributed by atoms with E-state index in [1.165, 1.54) is 0 Å². The number of nitrogens with two attached hydrogens (primary N) is 1. The predicted octanol–water partition coefficient (Wildman–Crippen LogP) is 1.80. The molecule has 0 amide bonds. The van der Waals surface area contributed by atoms with Gasteiger partial charge in [-0.3, -0.25) is 4.79 Å². The van der Waals surface area contributed by atoms with Crippen LogP contribution < -0.4 is 5.73 Å². The molecular formula is C12H15NO2. The molecule has 1 aromatic carbocycles. The van der Waals surface area contributed by atoms with Gasteiger partial charge in [-0.05, 0) is 37.1 Å². The number of anilines is 1. The van der Waals surface area contributed by atoms with Gasteiger partial charge in [0.15, 0.2) is 5.78 Å². The molecule has 1 heterocycles. The van der Waals surface area contributed by atoms with E-state index in [1.807, 2.05) is 19.1 Å². The molecule has 80 valence electrons. The highest BCUT2D eigenvalue weighted by molar-refractivity contribution is 5.99. The van der Waals surface area contributed by atoms with Crippen LogP contribution in [-0.2, 0) is 4.74 Å². The summed E-state index contributed by atoms with van der Waals surface area (Å²) in [5.74, 6) is 0.220. The summed E-state index contributed by atoms with van der Waals surface area (Å²) in [5.41, 5.74) is 8.07. The topological polar surface area (TPSA) is 52.3 Å². The van der Waals surface area contributed by atoms with Crippen molar-refractivity contribution in [1.29, 1.82) is 0 Å². The van der Waals surface area contributed by atoms with Crippen molar-refractivity contribution in [2.24, 2.45) is 5.92 Å². The molecule has 0 aliphatic carbocycles. The molecule has 15 heavy (non-hydrogen) atoms. The van der Waals surface area contributed by atoms with Gasteiger partial charge in [0.05, 0.1) is 6.61 Å². The number of Topliss-reactive ketones (excluding diaryl/α,β-unsaturated/α-hetero) is 1. The van der Waals surface area contributed by atoms with Crippen molar-refractivity contribution < 1.29 is 9.53 Å². The van der Waals surface area contributed by atoms with Gasteiger partial charge < -0.3 is 10.5 Å². The summed E-state index contributed by atoms with van der Waals surface area (Å²) >= 11 is 0. The van der Waals surface area contributed by atoms with E-state index in [0.29, 0.717) is 18.9 Å². The van der Waals surface area contributed by atoms with Crippen LogP contribution in [0.5, 0.6) is 0 Å². The molecule has 0 bridgehead atoms. The zero-order valence-corrected chi connectivity index (χ0v) is 8.82. The Hall–Kier alpha value is -1.35. The second-order valence-electron chi connectivity index (χ2n) is 4.00. The third kappa shape index (κ3) is 2.02. The Morgan fingerprint density at radius 1 is 1.53 bits per heavy atom. The number of nitrogen functional groups attached to an aromatic ring is 1. The Labute approximate surface area is 89.2 Å². The van der Waals surface area contributed by atoms with Crippen LogP contribution in [0.3, 0.4) is 0 Å². The number of carbonyl (C=O) groups excluding carboxylic acids is 1. The quantitative estimate of drug-likeness (QED) is 0.591. The van der Waals surface area contributed by atoms with Crippen molar-refractivity contribution in [3.05, 3.63) is 29.3 Å². The summed E-state index contributed by atoms with van der Waals surface area (Å²) in [4.78, 5) is 12.1. The van der Waals surface area contributed by atoms with Gasteiger partial charge in [-0.25, -0.2) is 0 Å². The summed E-state index contributed by atoms with van der Waals surface area (Å²) in [6.07, 6.45) is 0.836. The summed E-state index contributed by atoms with van der Waals surface area (Å²) in [6, 6.07) is 5.42. The minimum Gasteiger partial charge on any atom is -0.399 e. The van der Waals surface area contributed by atoms with Gasteiger partial charge in [-0.2, -0.15) is 0 Å². The predicted molar refractivity (Wildman–Crippen MR) is 58.8 cm³/mol. The summed E-state index contributed by atoms with van der Waals surface area (Å²) in [7, 11) is 0. The normalized spacial score (nSPS) is 20.5. The molecular weight excluding hydrogens is 190 g/mol. The van der Waals surface area contributed by atoms with Crippen molar-refractivity contribution >= 4 is 11.5 Å². The van der Waals surface area contributed by atoms with Crippen LogP contribution in [0, 0.1) is 12.8 Å². The van der Waals surface area contributed by atoms with E-state index in [0.717, 1.165) is 17.5 Å². The minimum absolute atomic E-state index is 0.0346. The fourth-order valence-electron chi connectivity index (χ4n) is 1.92. The largest absolute Gasteiger partial charge is 0.399 e. The Morgan fingerprint density at radius 2 is 2.33 bits per heavy atom. The molecule has 1 saturated heterocycles. The van der Waals surface area contributed by atoms with Crippen molar-refractivity contribution in [3.63, 3.8) is 0 Å². The van der Waals surface area contributed by atoms with E-state index in [9.17, 15) is 4.79 Å². The highest BCUT2D eigenvalue weighted by Gasteiger charge is 2.25. The number of benzene rings is 1. The molecule has 0 spiro atoms. The highest BCUT2D eigenvalue weighted by atomic mass is 16.5. The van der Waals surface area contributed by atoms with Gasteiger partial charge in [0, 0.05) is 23.8 Å². The first-order valence-electron chi connectivity index (χ1n) is 5.16. The number of ether oxygens (including phenoxy) is 1. The number of hydrogen-bond acceptors (Lipinski definition) is 3. The van der Waals surface area contributed by atoms with Crippen molar-refractivity contribution in [2.75, 3.05) is 18.9 Å². The molecule has 0 saturated carbocycles. The summed E-state index contributed by atoms with van der Waals surface area (Å²) < 4.78 is 5.22. The second-order valence-corrected chi connectivity index (χ2v) is 4.00. The highest BCUT2D eigenvalue weighted by Crippen LogP contribution is 2.21. The molecule has 0 aromatic heterocycles. The number of aryl methyl sites for hydroxylation is 1. The van der Waals surface area contributed by atoms with E-state index in [2.05, 4.69) is 0 Å². The average Bonchev–Trinajstić information content (AvgIpc) is 2.69. The molecule has 2 rings (SSSR count). The molecule has 1 aromatic rings. The average molecular weight is 205 g/mol. The zero-order chi connectivity index (χ0) is 10.8. The van der Waals surface area contributed by atoms with Crippen molar-refractivity contribution in [3.8, 4) is 0 Å². The molecule has 1 aliphatic heterocycles. The monoisotopic (exact) mass is 205 g/mol. The molecule has 1 atom stereocenters. The van der Waals surface area contributed by atoms with E-state index in [-0.39, 0.29) is 11.7 Å². The Bertz CT molecular complexity index is 381. The van der Waals surface area contributed by atoms with E-state index >= 15 is 0 Å². The lowest BCUT2D eigenvalue weighted by atomic mass is 9.94. The fourth-order valence-corrected chi connectivity index (χ4v) is 1.92. The number of rotatable bonds is 2. The third-order valence-corrected chi connectivity index (χ3v) is 2.82. The maximum Gasteiger partial charge on any atom is 0.168 e. The van der Waals surface area contributed by atoms with Crippen LogP contribution in [0.15, 0.2) is 18.2 Å². The van der Waals surface area contributed by atoms with Crippen LogP contribution in [0.1, 0.15) is 22.3 Å². The summed E-state index contributed by atoms with van der Waals surface area (Å²) in [5, 5.41) is 0. The Kier molecular flexibility index (Phi) is 2.73. The smallest absolute Gasteiger partial charge is 0.168 e. The first-order valence-corrected chi connectivity index (χ1v) is 5.16. The van der Waals surface area contributed by atoms with Gasteiger partial charge in [0.2, 0.25) is 0 Å². The van der Waals surface area contributed by atoms with Gasteiger partial charge >= 0.3 is 0 Å². The third-order valence-electron chi connectivity index (χ3n) is 2.82. The maximum atomic E-state index is 12.1. The van der Waals surface area contributed by atoms with Crippen molar-refractivity contribution in [2.45, 2.75) is 13.3 Å². The molecule has 2 N–H and O–H groups in total. The van der Waals surface area contributed by atoms with Gasteiger partial charge in [0.25, 0.3) is 0 Å². The molecule has 0 radical (unpaired) electrons. The molecule has 3 heteroatoms. The van der Waals surface area contributed by atoms with Crippen LogP contribution in [0.4, 0.5) is 5.69 Å². The number of hydrogen-bond donors (Lipinski definition) is 1. The van der Waals surface area contributed by atoms with Gasteiger partial charge in [0.1, 0.15) is 0 Å². The van der Waals surface area contributed by atoms with Crippen LogP contribution in [-0.4, -0.2) is 19.0 Å². The Balaban J connectivity index is 2.24. The first-order chi connectivity index (χ1) is 7.18. The molecule has 1 fully saturated rings. The van der Waals surface area contributed by atoms with Crippen LogP contribution >= 0.6 is 0 Å². The lowest BCUT2D eigenvalue weighted by Crippen LogP contribution is -2.15. The van der Waals surface area contributed by atoms with E-state index in [1.54, 1.807) is 6.07 Å².